The van der Waals surface area contributed by atoms with E-state index in [0.29, 0.717) is 0 Å². The van der Waals surface area contributed by atoms with Crippen molar-refractivity contribution in [3.05, 3.63) is 35.4 Å². The lowest BCUT2D eigenvalue weighted by molar-refractivity contribution is -0.121. The Morgan fingerprint density at radius 1 is 1.26 bits per heavy atom. The minimum Gasteiger partial charge on any atom is -0.353 e. The molecule has 0 aromatic heterocycles. The molecule has 0 radical (unpaired) electrons. The number of carbonyl (C=O) groups is 1. The average Bonchev–Trinajstić information content (AvgIpc) is 2.38. The Labute approximate surface area is 116 Å². The Kier molecular flexibility index (Phi) is 4.75. The molecule has 1 amide bonds. The number of rotatable bonds is 3. The molecule has 1 fully saturated rings. The first kappa shape index (κ1) is 14.3. The number of halogens is 3. The summed E-state index contributed by atoms with van der Waals surface area (Å²) in [6, 6.07) is 3.96. The highest BCUT2D eigenvalue weighted by atomic mass is 35.5. The summed E-state index contributed by atoms with van der Waals surface area (Å²) in [6.45, 7) is 0. The summed E-state index contributed by atoms with van der Waals surface area (Å²) in [7, 11) is 0. The molecule has 1 saturated carbocycles. The third-order valence-electron chi connectivity index (χ3n) is 3.40. The van der Waals surface area contributed by atoms with Crippen LogP contribution < -0.4 is 5.32 Å². The maximum Gasteiger partial charge on any atom is 0.224 e. The summed E-state index contributed by atoms with van der Waals surface area (Å²) in [5.41, 5.74) is 0.0866. The van der Waals surface area contributed by atoms with Gasteiger partial charge in [0.2, 0.25) is 5.91 Å². The number of carbonyl (C=O) groups excluding carboxylic acids is 1. The molecule has 0 saturated heterocycles. The van der Waals surface area contributed by atoms with E-state index in [1.165, 1.54) is 12.1 Å². The van der Waals surface area contributed by atoms with Crippen molar-refractivity contribution in [2.75, 3.05) is 0 Å². The molecule has 1 N–H and O–H groups in total. The number of nitrogens with one attached hydrogen (secondary N) is 1. The smallest absolute Gasteiger partial charge is 0.224 e. The van der Waals surface area contributed by atoms with E-state index in [9.17, 15) is 13.6 Å². The van der Waals surface area contributed by atoms with E-state index in [-0.39, 0.29) is 29.3 Å². The van der Waals surface area contributed by atoms with Crippen molar-refractivity contribution in [3.8, 4) is 0 Å². The minimum atomic E-state index is -0.942. The van der Waals surface area contributed by atoms with Gasteiger partial charge in [0.1, 0.15) is 0 Å². The topological polar surface area (TPSA) is 29.1 Å². The van der Waals surface area contributed by atoms with Gasteiger partial charge in [-0.15, -0.1) is 11.6 Å². The molecule has 104 valence electrons. The minimum absolute atomic E-state index is 0.0866. The summed E-state index contributed by atoms with van der Waals surface area (Å²) in [5.74, 6) is -2.14. The van der Waals surface area contributed by atoms with E-state index >= 15 is 0 Å². The lowest BCUT2D eigenvalue weighted by atomic mass is 9.95. The third kappa shape index (κ3) is 3.90. The maximum atomic E-state index is 13.4. The van der Waals surface area contributed by atoms with Crippen LogP contribution in [0.1, 0.15) is 31.2 Å². The van der Waals surface area contributed by atoms with Crippen molar-refractivity contribution in [1.82, 2.24) is 5.32 Å². The predicted molar refractivity (Wildman–Crippen MR) is 70.1 cm³/mol. The molecule has 1 aliphatic rings. The standard InChI is InChI=1S/C14H16ClF2NO/c15-10-4-6-11(7-5-10)18-13(19)8-9-2-1-3-12(16)14(9)17/h1-3,10-11H,4-8H2,(H,18,19). The van der Waals surface area contributed by atoms with E-state index in [4.69, 9.17) is 11.6 Å². The fourth-order valence-electron chi connectivity index (χ4n) is 2.33. The van der Waals surface area contributed by atoms with Gasteiger partial charge in [0.25, 0.3) is 0 Å². The Morgan fingerprint density at radius 3 is 2.63 bits per heavy atom. The van der Waals surface area contributed by atoms with Crippen LogP contribution in [0.5, 0.6) is 0 Å². The van der Waals surface area contributed by atoms with Crippen LogP contribution in [0.3, 0.4) is 0 Å². The maximum absolute atomic E-state index is 13.4. The van der Waals surface area contributed by atoms with Crippen molar-refractivity contribution in [2.24, 2.45) is 0 Å². The Bertz CT molecular complexity index is 459. The zero-order valence-electron chi connectivity index (χ0n) is 10.5. The number of alkyl halides is 1. The Hall–Kier alpha value is -1.16. The van der Waals surface area contributed by atoms with Gasteiger partial charge in [-0.2, -0.15) is 0 Å². The van der Waals surface area contributed by atoms with Gasteiger partial charge in [-0.3, -0.25) is 4.79 Å². The van der Waals surface area contributed by atoms with Crippen LogP contribution in [-0.4, -0.2) is 17.3 Å². The summed E-state index contributed by atoms with van der Waals surface area (Å²) in [6.07, 6.45) is 3.29. The molecule has 1 aliphatic carbocycles. The van der Waals surface area contributed by atoms with E-state index < -0.39 is 11.6 Å². The second-order valence-corrected chi connectivity index (χ2v) is 5.52. The van der Waals surface area contributed by atoms with Gasteiger partial charge in [0.15, 0.2) is 11.6 Å². The van der Waals surface area contributed by atoms with Crippen LogP contribution in [-0.2, 0) is 11.2 Å². The summed E-state index contributed by atoms with van der Waals surface area (Å²) in [4.78, 5) is 11.8. The van der Waals surface area contributed by atoms with Gasteiger partial charge in [-0.05, 0) is 31.7 Å². The summed E-state index contributed by atoms with van der Waals surface area (Å²) < 4.78 is 26.4. The normalized spacial score (nSPS) is 23.1. The number of amides is 1. The number of hydrogen-bond acceptors (Lipinski definition) is 1. The fourth-order valence-corrected chi connectivity index (χ4v) is 2.59. The molecule has 1 aromatic carbocycles. The summed E-state index contributed by atoms with van der Waals surface area (Å²) in [5, 5.41) is 3.04. The zero-order chi connectivity index (χ0) is 13.8. The molecule has 0 spiro atoms. The van der Waals surface area contributed by atoms with Gasteiger partial charge in [0, 0.05) is 17.0 Å². The van der Waals surface area contributed by atoms with Crippen LogP contribution >= 0.6 is 11.6 Å². The number of benzene rings is 1. The molecular weight excluding hydrogens is 272 g/mol. The molecule has 0 unspecified atom stereocenters. The zero-order valence-corrected chi connectivity index (χ0v) is 11.2. The molecule has 1 aromatic rings. The Balaban J connectivity index is 1.89. The summed E-state index contributed by atoms with van der Waals surface area (Å²) >= 11 is 5.98. The average molecular weight is 288 g/mol. The SMILES string of the molecule is O=C(Cc1cccc(F)c1F)NC1CCC(Cl)CC1. The fraction of sp³-hybridized carbons (Fsp3) is 0.500. The highest BCUT2D eigenvalue weighted by Gasteiger charge is 2.21. The monoisotopic (exact) mass is 287 g/mol. The molecular formula is C14H16ClF2NO. The second-order valence-electron chi connectivity index (χ2n) is 4.91. The molecule has 0 heterocycles. The first-order valence-corrected chi connectivity index (χ1v) is 6.86. The molecule has 19 heavy (non-hydrogen) atoms. The van der Waals surface area contributed by atoms with E-state index in [1.54, 1.807) is 0 Å². The van der Waals surface area contributed by atoms with E-state index in [0.717, 1.165) is 31.7 Å². The van der Waals surface area contributed by atoms with Crippen molar-refractivity contribution < 1.29 is 13.6 Å². The second kappa shape index (κ2) is 6.33. The van der Waals surface area contributed by atoms with E-state index in [2.05, 4.69) is 5.32 Å². The van der Waals surface area contributed by atoms with Crippen LogP contribution in [0.15, 0.2) is 18.2 Å². The van der Waals surface area contributed by atoms with Crippen molar-refractivity contribution >= 4 is 17.5 Å². The van der Waals surface area contributed by atoms with E-state index in [1.807, 2.05) is 0 Å². The molecule has 2 nitrogen and oxygen atoms in total. The van der Waals surface area contributed by atoms with Crippen LogP contribution in [0.4, 0.5) is 8.78 Å². The molecule has 0 atom stereocenters. The number of hydrogen-bond donors (Lipinski definition) is 1. The molecule has 2 rings (SSSR count). The predicted octanol–water partition coefficient (Wildman–Crippen LogP) is 3.17. The van der Waals surface area contributed by atoms with Crippen LogP contribution in [0.2, 0.25) is 0 Å². The lowest BCUT2D eigenvalue weighted by Gasteiger charge is -2.25. The first-order chi connectivity index (χ1) is 9.06. The van der Waals surface area contributed by atoms with Crippen LogP contribution in [0.25, 0.3) is 0 Å². The molecule has 0 bridgehead atoms. The molecule has 5 heteroatoms. The largest absolute Gasteiger partial charge is 0.353 e. The third-order valence-corrected chi connectivity index (χ3v) is 3.84. The van der Waals surface area contributed by atoms with Gasteiger partial charge in [0.05, 0.1) is 6.42 Å². The highest BCUT2D eigenvalue weighted by molar-refractivity contribution is 6.20. The van der Waals surface area contributed by atoms with Gasteiger partial charge < -0.3 is 5.32 Å². The van der Waals surface area contributed by atoms with Gasteiger partial charge in [-0.1, -0.05) is 12.1 Å². The molecule has 0 aliphatic heterocycles. The van der Waals surface area contributed by atoms with Gasteiger partial charge in [-0.25, -0.2) is 8.78 Å². The van der Waals surface area contributed by atoms with Crippen molar-refractivity contribution in [1.29, 1.82) is 0 Å². The van der Waals surface area contributed by atoms with Crippen molar-refractivity contribution in [2.45, 2.75) is 43.5 Å². The van der Waals surface area contributed by atoms with Crippen molar-refractivity contribution in [3.63, 3.8) is 0 Å². The van der Waals surface area contributed by atoms with Gasteiger partial charge >= 0.3 is 0 Å². The quantitative estimate of drug-likeness (QED) is 0.850. The Morgan fingerprint density at radius 2 is 1.95 bits per heavy atom. The first-order valence-electron chi connectivity index (χ1n) is 6.42. The lowest BCUT2D eigenvalue weighted by Crippen LogP contribution is -2.38. The highest BCUT2D eigenvalue weighted by Crippen LogP contribution is 2.22. The van der Waals surface area contributed by atoms with Crippen LogP contribution in [0, 0.1) is 11.6 Å².